The molecule has 1 aliphatic rings. The topological polar surface area (TPSA) is 81.7 Å². The minimum Gasteiger partial charge on any atom is -0.479 e. The molecule has 0 radical (unpaired) electrons. The Morgan fingerprint density at radius 3 is 2.48 bits per heavy atom. The van der Waals surface area contributed by atoms with E-state index in [1.807, 2.05) is 0 Å². The number of thioether (sulfide) groups is 1. The monoisotopic (exact) mass is 375 g/mol. The molecule has 0 bridgehead atoms. The molecule has 2 rings (SSSR count). The third kappa shape index (κ3) is 4.63. The summed E-state index contributed by atoms with van der Waals surface area (Å²) in [6.07, 6.45) is 1.48. The second kappa shape index (κ2) is 7.72. The zero-order valence-corrected chi connectivity index (χ0v) is 14.2. The highest BCUT2D eigenvalue weighted by molar-refractivity contribution is 8.18. The van der Waals surface area contributed by atoms with Gasteiger partial charge < -0.3 is 9.47 Å². The molecule has 1 N–H and O–H groups in total. The molecule has 1 aromatic carbocycles. The van der Waals surface area contributed by atoms with Crippen LogP contribution in [0.15, 0.2) is 17.0 Å². The van der Waals surface area contributed by atoms with Gasteiger partial charge in [-0.3, -0.25) is 14.9 Å². The van der Waals surface area contributed by atoms with Crippen LogP contribution in [-0.4, -0.2) is 30.3 Å². The molecule has 122 valence electrons. The van der Waals surface area contributed by atoms with Gasteiger partial charge in [0.1, 0.15) is 0 Å². The summed E-state index contributed by atoms with van der Waals surface area (Å²) in [6.45, 7) is 1.61. The molecule has 0 aliphatic carbocycles. The van der Waals surface area contributed by atoms with Crippen molar-refractivity contribution in [3.63, 3.8) is 0 Å². The molecule has 1 aliphatic heterocycles. The lowest BCUT2D eigenvalue weighted by molar-refractivity contribution is -0.145. The first-order chi connectivity index (χ1) is 10.9. The van der Waals surface area contributed by atoms with Crippen LogP contribution >= 0.6 is 35.0 Å². The highest BCUT2D eigenvalue weighted by Crippen LogP contribution is 2.36. The van der Waals surface area contributed by atoms with Crippen molar-refractivity contribution in [2.24, 2.45) is 0 Å². The average molecular weight is 376 g/mol. The van der Waals surface area contributed by atoms with Gasteiger partial charge in [-0.1, -0.05) is 23.2 Å². The van der Waals surface area contributed by atoms with E-state index in [1.54, 1.807) is 6.92 Å². The van der Waals surface area contributed by atoms with Crippen molar-refractivity contribution in [1.82, 2.24) is 5.32 Å². The summed E-state index contributed by atoms with van der Waals surface area (Å²) in [5, 5.41) is 2.05. The predicted octanol–water partition coefficient (Wildman–Crippen LogP) is 3.26. The standard InChI is InChI=1S/C14H11Cl2NO5S/c1-2-21-11(18)6-22-12-8(15)3-7(4-9(12)16)5-10-13(19)17-14(20)23-10/h3-5H,2,6H2,1H3,(H,17,19,20)/b10-5+. The van der Waals surface area contributed by atoms with E-state index >= 15 is 0 Å². The fourth-order valence-electron chi connectivity index (χ4n) is 1.71. The van der Waals surface area contributed by atoms with E-state index in [9.17, 15) is 14.4 Å². The first kappa shape index (κ1) is 17.7. The minimum atomic E-state index is -0.539. The number of nitrogens with one attached hydrogen (secondary N) is 1. The van der Waals surface area contributed by atoms with Gasteiger partial charge in [-0.05, 0) is 42.5 Å². The van der Waals surface area contributed by atoms with Gasteiger partial charge in [-0.2, -0.15) is 0 Å². The number of hydrogen-bond acceptors (Lipinski definition) is 6. The lowest BCUT2D eigenvalue weighted by atomic mass is 10.2. The molecular formula is C14H11Cl2NO5S. The van der Waals surface area contributed by atoms with Crippen LogP contribution in [-0.2, 0) is 14.3 Å². The van der Waals surface area contributed by atoms with E-state index in [1.165, 1.54) is 18.2 Å². The van der Waals surface area contributed by atoms with Gasteiger partial charge in [-0.25, -0.2) is 4.79 Å². The molecule has 2 amide bonds. The number of esters is 1. The molecule has 6 nitrogen and oxygen atoms in total. The summed E-state index contributed by atoms with van der Waals surface area (Å²) < 4.78 is 9.99. The number of amides is 2. The maximum absolute atomic E-state index is 11.5. The second-order valence-corrected chi connectivity index (χ2v) is 6.09. The lowest BCUT2D eigenvalue weighted by Gasteiger charge is -2.10. The molecule has 23 heavy (non-hydrogen) atoms. The van der Waals surface area contributed by atoms with Crippen molar-refractivity contribution >= 4 is 58.2 Å². The second-order valence-electron chi connectivity index (χ2n) is 4.26. The molecule has 0 atom stereocenters. The van der Waals surface area contributed by atoms with Crippen molar-refractivity contribution < 1.29 is 23.9 Å². The van der Waals surface area contributed by atoms with Crippen LogP contribution in [0.25, 0.3) is 6.08 Å². The number of imide groups is 1. The van der Waals surface area contributed by atoms with Crippen LogP contribution in [0, 0.1) is 0 Å². The van der Waals surface area contributed by atoms with Crippen molar-refractivity contribution in [2.45, 2.75) is 6.92 Å². The number of carbonyl (C=O) groups is 3. The average Bonchev–Trinajstić information content (AvgIpc) is 2.76. The van der Waals surface area contributed by atoms with Crippen LogP contribution in [0.2, 0.25) is 10.0 Å². The van der Waals surface area contributed by atoms with Gasteiger partial charge in [-0.15, -0.1) is 0 Å². The number of rotatable bonds is 5. The number of halogens is 2. The van der Waals surface area contributed by atoms with Crippen LogP contribution in [0.5, 0.6) is 5.75 Å². The Morgan fingerprint density at radius 1 is 1.30 bits per heavy atom. The molecule has 0 spiro atoms. The Labute approximate surface area is 146 Å². The fraction of sp³-hybridized carbons (Fsp3) is 0.214. The SMILES string of the molecule is CCOC(=O)COc1c(Cl)cc(/C=C2/SC(=O)NC2=O)cc1Cl. The fourth-order valence-corrected chi connectivity index (χ4v) is 3.00. The van der Waals surface area contributed by atoms with Gasteiger partial charge >= 0.3 is 5.97 Å². The highest BCUT2D eigenvalue weighted by Gasteiger charge is 2.25. The number of hydrogen-bond donors (Lipinski definition) is 1. The van der Waals surface area contributed by atoms with Crippen molar-refractivity contribution in [3.05, 3.63) is 32.6 Å². The Bertz CT molecular complexity index is 681. The zero-order chi connectivity index (χ0) is 17.0. The highest BCUT2D eigenvalue weighted by atomic mass is 35.5. The normalized spacial score (nSPS) is 15.7. The van der Waals surface area contributed by atoms with E-state index in [-0.39, 0.29) is 33.9 Å². The molecule has 9 heteroatoms. The van der Waals surface area contributed by atoms with E-state index in [2.05, 4.69) is 5.32 Å². The largest absolute Gasteiger partial charge is 0.479 e. The molecule has 0 unspecified atom stereocenters. The number of ether oxygens (including phenoxy) is 2. The van der Waals surface area contributed by atoms with E-state index in [4.69, 9.17) is 32.7 Å². The Kier molecular flexibility index (Phi) is 5.92. The Morgan fingerprint density at radius 2 is 1.96 bits per heavy atom. The van der Waals surface area contributed by atoms with E-state index in [0.29, 0.717) is 5.56 Å². The molecule has 0 aromatic heterocycles. The van der Waals surface area contributed by atoms with Gasteiger partial charge in [0.25, 0.3) is 11.1 Å². The van der Waals surface area contributed by atoms with Gasteiger partial charge in [0.05, 0.1) is 21.6 Å². The molecule has 1 aromatic rings. The summed E-state index contributed by atoms with van der Waals surface area (Å²) in [5.41, 5.74) is 0.524. The zero-order valence-electron chi connectivity index (χ0n) is 11.9. The van der Waals surface area contributed by atoms with Crippen LogP contribution in [0.4, 0.5) is 4.79 Å². The number of carbonyl (C=O) groups excluding carboxylic acids is 3. The molecule has 1 fully saturated rings. The summed E-state index contributed by atoms with van der Waals surface area (Å²) in [7, 11) is 0. The van der Waals surface area contributed by atoms with Crippen LogP contribution in [0.1, 0.15) is 12.5 Å². The van der Waals surface area contributed by atoms with Crippen molar-refractivity contribution in [1.29, 1.82) is 0 Å². The Hall–Kier alpha value is -1.70. The van der Waals surface area contributed by atoms with E-state index < -0.39 is 17.1 Å². The first-order valence-electron chi connectivity index (χ1n) is 6.43. The predicted molar refractivity (Wildman–Crippen MR) is 87.7 cm³/mol. The summed E-state index contributed by atoms with van der Waals surface area (Å²) >= 11 is 12.9. The van der Waals surface area contributed by atoms with Crippen LogP contribution in [0.3, 0.4) is 0 Å². The van der Waals surface area contributed by atoms with E-state index in [0.717, 1.165) is 11.8 Å². The Balaban J connectivity index is 2.17. The van der Waals surface area contributed by atoms with Crippen molar-refractivity contribution in [3.8, 4) is 5.75 Å². The smallest absolute Gasteiger partial charge is 0.344 e. The third-order valence-electron chi connectivity index (χ3n) is 2.60. The third-order valence-corrected chi connectivity index (χ3v) is 3.97. The van der Waals surface area contributed by atoms with Gasteiger partial charge in [0, 0.05) is 0 Å². The molecular weight excluding hydrogens is 365 g/mol. The van der Waals surface area contributed by atoms with Gasteiger partial charge in [0.2, 0.25) is 0 Å². The minimum absolute atomic E-state index is 0.142. The number of benzene rings is 1. The molecule has 1 heterocycles. The lowest BCUT2D eigenvalue weighted by Crippen LogP contribution is -2.17. The summed E-state index contributed by atoms with van der Waals surface area (Å²) in [5.74, 6) is -0.874. The molecule has 0 saturated carbocycles. The summed E-state index contributed by atoms with van der Waals surface area (Å²) in [6, 6.07) is 3.02. The maximum atomic E-state index is 11.5. The van der Waals surface area contributed by atoms with Gasteiger partial charge in [0.15, 0.2) is 12.4 Å². The first-order valence-corrected chi connectivity index (χ1v) is 8.00. The quantitative estimate of drug-likeness (QED) is 0.628. The van der Waals surface area contributed by atoms with Crippen LogP contribution < -0.4 is 10.1 Å². The van der Waals surface area contributed by atoms with Crippen molar-refractivity contribution in [2.75, 3.05) is 13.2 Å². The molecule has 1 saturated heterocycles. The maximum Gasteiger partial charge on any atom is 0.344 e. The summed E-state index contributed by atoms with van der Waals surface area (Å²) in [4.78, 5) is 34.1.